The summed E-state index contributed by atoms with van der Waals surface area (Å²) in [6.07, 6.45) is 7.62. The van der Waals surface area contributed by atoms with Crippen LogP contribution >= 0.6 is 0 Å². The summed E-state index contributed by atoms with van der Waals surface area (Å²) in [4.78, 5) is 15.7. The van der Waals surface area contributed by atoms with Crippen LogP contribution < -0.4 is 0 Å². The van der Waals surface area contributed by atoms with Gasteiger partial charge in [0.25, 0.3) is 0 Å². The van der Waals surface area contributed by atoms with Crippen molar-refractivity contribution in [3.05, 3.63) is 29.6 Å². The molecule has 0 atom stereocenters. The van der Waals surface area contributed by atoms with Crippen molar-refractivity contribution in [3.8, 4) is 0 Å². The molecule has 1 fully saturated rings. The summed E-state index contributed by atoms with van der Waals surface area (Å²) >= 11 is 0. The lowest BCUT2D eigenvalue weighted by atomic mass is 9.86. The van der Waals surface area contributed by atoms with Crippen LogP contribution in [-0.4, -0.2) is 18.1 Å². The van der Waals surface area contributed by atoms with Gasteiger partial charge in [0.1, 0.15) is 5.69 Å². The number of pyridine rings is 1. The normalized spacial score (nSPS) is 16.8. The third-order valence-electron chi connectivity index (χ3n) is 3.42. The Balaban J connectivity index is 2.02. The minimum Gasteiger partial charge on any atom is -0.464 e. The van der Waals surface area contributed by atoms with Gasteiger partial charge in [-0.3, -0.25) is 0 Å². The monoisotopic (exact) mass is 233 g/mol. The molecule has 1 aromatic rings. The van der Waals surface area contributed by atoms with Crippen molar-refractivity contribution < 1.29 is 9.53 Å². The molecule has 0 aromatic carbocycles. The predicted octanol–water partition coefficient (Wildman–Crippen LogP) is 2.99. The molecule has 1 aromatic heterocycles. The minimum absolute atomic E-state index is 0.351. The van der Waals surface area contributed by atoms with Crippen LogP contribution in [0.2, 0.25) is 0 Å². The Morgan fingerprint density at radius 2 is 2.12 bits per heavy atom. The van der Waals surface area contributed by atoms with E-state index in [1.54, 1.807) is 6.07 Å². The van der Waals surface area contributed by atoms with Gasteiger partial charge < -0.3 is 4.74 Å². The minimum atomic E-state index is -0.351. The number of hydrogen-bond donors (Lipinski definition) is 0. The zero-order valence-corrected chi connectivity index (χ0v) is 10.3. The van der Waals surface area contributed by atoms with Crippen molar-refractivity contribution in [3.63, 3.8) is 0 Å². The van der Waals surface area contributed by atoms with Crippen LogP contribution in [0.25, 0.3) is 0 Å². The molecule has 0 unspecified atom stereocenters. The van der Waals surface area contributed by atoms with E-state index in [4.69, 9.17) is 0 Å². The lowest BCUT2D eigenvalue weighted by Crippen LogP contribution is -2.12. The fourth-order valence-electron chi connectivity index (χ4n) is 2.50. The maximum absolute atomic E-state index is 11.4. The van der Waals surface area contributed by atoms with Crippen molar-refractivity contribution >= 4 is 5.97 Å². The number of nitrogens with zero attached hydrogens (tertiary/aromatic N) is 1. The molecule has 0 spiro atoms. The van der Waals surface area contributed by atoms with Crippen molar-refractivity contribution in [2.24, 2.45) is 5.92 Å². The lowest BCUT2D eigenvalue weighted by molar-refractivity contribution is 0.0593. The number of aromatic nitrogens is 1. The zero-order valence-electron chi connectivity index (χ0n) is 10.3. The Kier molecular flexibility index (Phi) is 4.13. The molecule has 17 heavy (non-hydrogen) atoms. The first-order chi connectivity index (χ1) is 8.29. The second-order valence-electron chi connectivity index (χ2n) is 4.71. The number of methoxy groups -OCH3 is 1. The predicted molar refractivity (Wildman–Crippen MR) is 65.9 cm³/mol. The van der Waals surface area contributed by atoms with Crippen LogP contribution in [0.4, 0.5) is 0 Å². The number of carbonyl (C=O) groups excluding carboxylic acids is 1. The average Bonchev–Trinajstić information content (AvgIpc) is 2.39. The van der Waals surface area contributed by atoms with E-state index in [0.29, 0.717) is 5.69 Å². The van der Waals surface area contributed by atoms with Gasteiger partial charge in [0.05, 0.1) is 7.11 Å². The van der Waals surface area contributed by atoms with Gasteiger partial charge in [-0.25, -0.2) is 9.78 Å². The zero-order chi connectivity index (χ0) is 12.1. The molecule has 1 aliphatic rings. The Labute approximate surface area is 102 Å². The van der Waals surface area contributed by atoms with Gasteiger partial charge in [0.15, 0.2) is 0 Å². The lowest BCUT2D eigenvalue weighted by Gasteiger charge is -2.21. The molecule has 0 amide bonds. The number of carbonyl (C=O) groups is 1. The van der Waals surface area contributed by atoms with E-state index in [9.17, 15) is 4.79 Å². The average molecular weight is 233 g/mol. The van der Waals surface area contributed by atoms with E-state index in [0.717, 1.165) is 18.0 Å². The summed E-state index contributed by atoms with van der Waals surface area (Å²) in [5.41, 5.74) is 1.43. The summed E-state index contributed by atoms with van der Waals surface area (Å²) in [6, 6.07) is 5.59. The second-order valence-corrected chi connectivity index (χ2v) is 4.71. The highest BCUT2D eigenvalue weighted by Gasteiger charge is 2.15. The molecule has 1 saturated carbocycles. The number of rotatable bonds is 3. The summed E-state index contributed by atoms with van der Waals surface area (Å²) < 4.78 is 4.68. The van der Waals surface area contributed by atoms with E-state index < -0.39 is 0 Å². The Bertz CT molecular complexity index is 384. The van der Waals surface area contributed by atoms with Crippen molar-refractivity contribution in [2.45, 2.75) is 38.5 Å². The van der Waals surface area contributed by atoms with Gasteiger partial charge in [0, 0.05) is 5.69 Å². The second kappa shape index (κ2) is 5.80. The topological polar surface area (TPSA) is 39.2 Å². The Morgan fingerprint density at radius 1 is 1.35 bits per heavy atom. The molecule has 0 bridgehead atoms. The smallest absolute Gasteiger partial charge is 0.356 e. The third-order valence-corrected chi connectivity index (χ3v) is 3.42. The first kappa shape index (κ1) is 12.1. The van der Waals surface area contributed by atoms with Crippen molar-refractivity contribution in [1.29, 1.82) is 0 Å². The highest BCUT2D eigenvalue weighted by molar-refractivity contribution is 5.87. The molecular formula is C14H19NO2. The Morgan fingerprint density at radius 3 is 2.82 bits per heavy atom. The van der Waals surface area contributed by atoms with E-state index in [1.165, 1.54) is 39.2 Å². The molecule has 92 valence electrons. The molecule has 0 radical (unpaired) electrons. The van der Waals surface area contributed by atoms with Gasteiger partial charge >= 0.3 is 5.97 Å². The third kappa shape index (κ3) is 3.29. The largest absolute Gasteiger partial charge is 0.464 e. The van der Waals surface area contributed by atoms with E-state index in [2.05, 4.69) is 9.72 Å². The quantitative estimate of drug-likeness (QED) is 0.753. The SMILES string of the molecule is COC(=O)c1cccc(CC2CCCCC2)n1. The van der Waals surface area contributed by atoms with Gasteiger partial charge in [-0.05, 0) is 24.5 Å². The highest BCUT2D eigenvalue weighted by Crippen LogP contribution is 2.26. The summed E-state index contributed by atoms with van der Waals surface area (Å²) in [5.74, 6) is 0.389. The summed E-state index contributed by atoms with van der Waals surface area (Å²) in [5, 5.41) is 0. The standard InChI is InChI=1S/C14H19NO2/c1-17-14(16)13-9-5-8-12(15-13)10-11-6-3-2-4-7-11/h5,8-9,11H,2-4,6-7,10H2,1H3. The maximum atomic E-state index is 11.4. The van der Waals surface area contributed by atoms with E-state index in [1.807, 2.05) is 12.1 Å². The molecule has 3 nitrogen and oxygen atoms in total. The van der Waals surface area contributed by atoms with Crippen LogP contribution in [0.15, 0.2) is 18.2 Å². The van der Waals surface area contributed by atoms with E-state index in [-0.39, 0.29) is 5.97 Å². The fourth-order valence-corrected chi connectivity index (χ4v) is 2.50. The van der Waals surface area contributed by atoms with Crippen LogP contribution in [-0.2, 0) is 11.2 Å². The first-order valence-corrected chi connectivity index (χ1v) is 6.34. The van der Waals surface area contributed by atoms with Gasteiger partial charge in [-0.15, -0.1) is 0 Å². The molecule has 2 rings (SSSR count). The molecule has 1 heterocycles. The van der Waals surface area contributed by atoms with Crippen LogP contribution in [0, 0.1) is 5.92 Å². The molecule has 0 aliphatic heterocycles. The summed E-state index contributed by atoms with van der Waals surface area (Å²) in [7, 11) is 1.39. The van der Waals surface area contributed by atoms with Crippen LogP contribution in [0.5, 0.6) is 0 Å². The highest BCUT2D eigenvalue weighted by atomic mass is 16.5. The van der Waals surface area contributed by atoms with Gasteiger partial charge in [-0.1, -0.05) is 38.2 Å². The Hall–Kier alpha value is -1.38. The molecular weight excluding hydrogens is 214 g/mol. The molecule has 0 N–H and O–H groups in total. The maximum Gasteiger partial charge on any atom is 0.356 e. The summed E-state index contributed by atoms with van der Waals surface area (Å²) in [6.45, 7) is 0. The fraction of sp³-hybridized carbons (Fsp3) is 0.571. The van der Waals surface area contributed by atoms with E-state index >= 15 is 0 Å². The molecule has 0 saturated heterocycles. The van der Waals surface area contributed by atoms with Crippen molar-refractivity contribution in [2.75, 3.05) is 7.11 Å². The van der Waals surface area contributed by atoms with Crippen LogP contribution in [0.1, 0.15) is 48.3 Å². The van der Waals surface area contributed by atoms with Gasteiger partial charge in [-0.2, -0.15) is 0 Å². The molecule has 1 aliphatic carbocycles. The van der Waals surface area contributed by atoms with Gasteiger partial charge in [0.2, 0.25) is 0 Å². The van der Waals surface area contributed by atoms with Crippen LogP contribution in [0.3, 0.4) is 0 Å². The first-order valence-electron chi connectivity index (χ1n) is 6.34. The number of esters is 1. The number of hydrogen-bond acceptors (Lipinski definition) is 3. The molecule has 3 heteroatoms. The number of ether oxygens (including phenoxy) is 1. The van der Waals surface area contributed by atoms with Crippen molar-refractivity contribution in [1.82, 2.24) is 4.98 Å².